The molecule has 0 radical (unpaired) electrons. The van der Waals surface area contributed by atoms with Crippen LogP contribution in [0.15, 0.2) is 42.5 Å². The zero-order valence-electron chi connectivity index (χ0n) is 20.9. The lowest BCUT2D eigenvalue weighted by atomic mass is 9.83. The van der Waals surface area contributed by atoms with Crippen molar-refractivity contribution in [3.05, 3.63) is 64.7 Å². The number of anilines is 1. The van der Waals surface area contributed by atoms with E-state index in [1.807, 2.05) is 56.3 Å². The summed E-state index contributed by atoms with van der Waals surface area (Å²) in [4.78, 5) is 27.2. The monoisotopic (exact) mass is 491 g/mol. The van der Waals surface area contributed by atoms with Gasteiger partial charge >= 0.3 is 5.97 Å². The minimum absolute atomic E-state index is 0.0748. The lowest BCUT2D eigenvalue weighted by Crippen LogP contribution is -2.53. The van der Waals surface area contributed by atoms with E-state index in [0.29, 0.717) is 11.7 Å². The quantitative estimate of drug-likeness (QED) is 0.360. The number of rotatable bonds is 7. The molecule has 0 bridgehead atoms. The third kappa shape index (κ3) is 5.29. The Kier molecular flexibility index (Phi) is 7.92. The Hall–Kier alpha value is -2.70. The number of hydrogen-bond acceptors (Lipinski definition) is 4. The maximum atomic E-state index is 14.1. The molecular formula is C29H36N2O3P+. The summed E-state index contributed by atoms with van der Waals surface area (Å²) < 4.78 is 5.75. The summed E-state index contributed by atoms with van der Waals surface area (Å²) in [5, 5.41) is 12.1. The smallest absolute Gasteiger partial charge is 0.344 e. The van der Waals surface area contributed by atoms with Crippen LogP contribution in [0.25, 0.3) is 0 Å². The van der Waals surface area contributed by atoms with Gasteiger partial charge in [0.15, 0.2) is 11.3 Å². The van der Waals surface area contributed by atoms with Crippen molar-refractivity contribution in [3.8, 4) is 6.07 Å². The van der Waals surface area contributed by atoms with Gasteiger partial charge in [0.05, 0.1) is 24.0 Å². The first-order chi connectivity index (χ1) is 16.9. The Morgan fingerprint density at radius 2 is 1.63 bits per heavy atom. The number of hydrogen-bond donors (Lipinski definition) is 1. The average molecular weight is 492 g/mol. The summed E-state index contributed by atoms with van der Waals surface area (Å²) in [6.45, 7) is 4.16. The van der Waals surface area contributed by atoms with Gasteiger partial charge in [-0.15, -0.1) is 0 Å². The van der Waals surface area contributed by atoms with Gasteiger partial charge in [-0.2, -0.15) is 5.26 Å². The molecule has 1 saturated carbocycles. The van der Waals surface area contributed by atoms with Gasteiger partial charge in [0.25, 0.3) is 5.91 Å². The summed E-state index contributed by atoms with van der Waals surface area (Å²) in [7, 11) is -1.92. The third-order valence-electron chi connectivity index (χ3n) is 8.01. The minimum atomic E-state index is -1.92. The Morgan fingerprint density at radius 3 is 2.17 bits per heavy atom. The SMILES string of the molecule is Cc1cc(C#N)cc(C)c1NC(=O)C1([P+]2(CC(=O)OCc3ccccc3)CCCCCC2)CCC1. The number of carbonyl (C=O) groups excluding carboxylic acids is 2. The lowest BCUT2D eigenvalue weighted by Gasteiger charge is -2.48. The van der Waals surface area contributed by atoms with Gasteiger partial charge in [0.2, 0.25) is 0 Å². The number of aryl methyl sites for hydroxylation is 2. The number of nitrogens with zero attached hydrogens (tertiary/aromatic N) is 1. The largest absolute Gasteiger partial charge is 0.458 e. The topological polar surface area (TPSA) is 79.2 Å². The molecule has 1 amide bonds. The van der Waals surface area contributed by atoms with E-state index in [2.05, 4.69) is 11.4 Å². The van der Waals surface area contributed by atoms with Gasteiger partial charge in [-0.25, -0.2) is 4.79 Å². The van der Waals surface area contributed by atoms with Crippen LogP contribution in [0.2, 0.25) is 0 Å². The van der Waals surface area contributed by atoms with Gasteiger partial charge in [0, 0.05) is 12.9 Å². The van der Waals surface area contributed by atoms with E-state index in [-0.39, 0.29) is 18.5 Å². The predicted molar refractivity (Wildman–Crippen MR) is 142 cm³/mol. The number of nitrogens with one attached hydrogen (secondary N) is 1. The van der Waals surface area contributed by atoms with Gasteiger partial charge < -0.3 is 10.1 Å². The van der Waals surface area contributed by atoms with E-state index in [0.717, 1.165) is 66.8 Å². The normalized spacial score (nSPS) is 18.4. The summed E-state index contributed by atoms with van der Waals surface area (Å²) in [6, 6.07) is 15.6. The van der Waals surface area contributed by atoms with E-state index in [4.69, 9.17) is 4.74 Å². The molecule has 1 aliphatic carbocycles. The second kappa shape index (κ2) is 10.9. The molecule has 6 heteroatoms. The average Bonchev–Trinajstić information content (AvgIpc) is 3.06. The second-order valence-electron chi connectivity index (χ2n) is 10.2. The van der Waals surface area contributed by atoms with Crippen molar-refractivity contribution in [1.29, 1.82) is 5.26 Å². The number of benzene rings is 2. The lowest BCUT2D eigenvalue weighted by molar-refractivity contribution is -0.141. The molecule has 35 heavy (non-hydrogen) atoms. The van der Waals surface area contributed by atoms with Crippen molar-refractivity contribution in [2.45, 2.75) is 70.6 Å². The first-order valence-electron chi connectivity index (χ1n) is 12.8. The third-order valence-corrected chi connectivity index (χ3v) is 13.7. The van der Waals surface area contributed by atoms with Crippen molar-refractivity contribution in [3.63, 3.8) is 0 Å². The molecule has 0 spiro atoms. The summed E-state index contributed by atoms with van der Waals surface area (Å²) in [6.07, 6.45) is 9.64. The zero-order chi connectivity index (χ0) is 24.9. The Balaban J connectivity index is 1.58. The first-order valence-corrected chi connectivity index (χ1v) is 15.1. The molecular weight excluding hydrogens is 455 g/mol. The molecule has 0 atom stereocenters. The zero-order valence-corrected chi connectivity index (χ0v) is 21.8. The van der Waals surface area contributed by atoms with Gasteiger partial charge in [-0.1, -0.05) is 30.3 Å². The highest BCUT2D eigenvalue weighted by molar-refractivity contribution is 7.79. The molecule has 4 rings (SSSR count). The maximum absolute atomic E-state index is 14.1. The van der Waals surface area contributed by atoms with Crippen LogP contribution in [0.5, 0.6) is 0 Å². The molecule has 0 aromatic heterocycles. The summed E-state index contributed by atoms with van der Waals surface area (Å²) >= 11 is 0. The van der Waals surface area contributed by atoms with Crippen molar-refractivity contribution < 1.29 is 14.3 Å². The van der Waals surface area contributed by atoms with E-state index < -0.39 is 12.4 Å². The Labute approximate surface area is 209 Å². The standard InChI is InChI=1S/C29H35N2O3P/c1-22-17-25(19-30)18-23(2)27(22)31-28(33)29(13-10-14-29)35(15-8-3-4-9-16-35)21-26(32)34-20-24-11-6-5-7-12-24/h5-7,11-12,17-18H,3-4,8-10,13-16,20-21H2,1-2H3/p+1. The van der Waals surface area contributed by atoms with Crippen LogP contribution < -0.4 is 5.32 Å². The molecule has 184 valence electrons. The van der Waals surface area contributed by atoms with Crippen molar-refractivity contribution in [1.82, 2.24) is 0 Å². The van der Waals surface area contributed by atoms with Crippen LogP contribution in [0, 0.1) is 25.2 Å². The highest BCUT2D eigenvalue weighted by atomic mass is 31.2. The first kappa shape index (κ1) is 25.4. The van der Waals surface area contributed by atoms with Crippen LogP contribution >= 0.6 is 7.26 Å². The number of esters is 1. The summed E-state index contributed by atoms with van der Waals surface area (Å²) in [5.74, 6) is -0.0837. The van der Waals surface area contributed by atoms with E-state index in [1.165, 1.54) is 12.8 Å². The predicted octanol–water partition coefficient (Wildman–Crippen LogP) is 6.37. The van der Waals surface area contributed by atoms with E-state index in [1.54, 1.807) is 0 Å². The highest BCUT2D eigenvalue weighted by Gasteiger charge is 2.66. The molecule has 5 nitrogen and oxygen atoms in total. The fourth-order valence-electron chi connectivity index (χ4n) is 5.95. The molecule has 2 aromatic carbocycles. The van der Waals surface area contributed by atoms with Crippen molar-refractivity contribution >= 4 is 24.8 Å². The summed E-state index contributed by atoms with van der Waals surface area (Å²) in [5.41, 5.74) is 4.20. The molecule has 0 unspecified atom stereocenters. The second-order valence-corrected chi connectivity index (χ2v) is 14.6. The van der Waals surface area contributed by atoms with Crippen LogP contribution in [-0.2, 0) is 20.9 Å². The maximum Gasteiger partial charge on any atom is 0.344 e. The van der Waals surface area contributed by atoms with Crippen molar-refractivity contribution in [2.75, 3.05) is 23.8 Å². The minimum Gasteiger partial charge on any atom is -0.458 e. The fraction of sp³-hybridized carbons (Fsp3) is 0.483. The molecule has 1 saturated heterocycles. The molecule has 2 fully saturated rings. The van der Waals surface area contributed by atoms with Crippen LogP contribution in [0.3, 0.4) is 0 Å². The van der Waals surface area contributed by atoms with Gasteiger partial charge in [0.1, 0.15) is 6.61 Å². The number of carbonyl (C=O) groups is 2. The number of amides is 1. The van der Waals surface area contributed by atoms with Crippen molar-refractivity contribution in [2.24, 2.45) is 0 Å². The highest BCUT2D eigenvalue weighted by Crippen LogP contribution is 2.76. The van der Waals surface area contributed by atoms with Crippen LogP contribution in [-0.4, -0.2) is 35.5 Å². The van der Waals surface area contributed by atoms with E-state index in [9.17, 15) is 14.9 Å². The van der Waals surface area contributed by atoms with Crippen LogP contribution in [0.1, 0.15) is 67.2 Å². The Morgan fingerprint density at radius 1 is 1.00 bits per heavy atom. The molecule has 1 heterocycles. The molecule has 1 N–H and O–H groups in total. The number of nitriles is 1. The van der Waals surface area contributed by atoms with Gasteiger partial charge in [-0.3, -0.25) is 4.79 Å². The Bertz CT molecular complexity index is 1090. The van der Waals surface area contributed by atoms with Crippen LogP contribution in [0.4, 0.5) is 5.69 Å². The fourth-order valence-corrected chi connectivity index (χ4v) is 11.6. The molecule has 1 aliphatic heterocycles. The number of ether oxygens (including phenoxy) is 1. The molecule has 2 aliphatic rings. The van der Waals surface area contributed by atoms with E-state index >= 15 is 0 Å². The molecule has 2 aromatic rings. The van der Waals surface area contributed by atoms with Gasteiger partial charge in [-0.05, 0) is 87.6 Å².